The molecule has 6 nitrogen and oxygen atoms in total. The van der Waals surface area contributed by atoms with Gasteiger partial charge in [0.05, 0.1) is 11.0 Å². The van der Waals surface area contributed by atoms with Gasteiger partial charge in [-0.05, 0) is 57.2 Å². The van der Waals surface area contributed by atoms with Crippen LogP contribution >= 0.6 is 0 Å². The predicted octanol–water partition coefficient (Wildman–Crippen LogP) is 2.83. The van der Waals surface area contributed by atoms with Gasteiger partial charge in [-0.3, -0.25) is 4.79 Å². The fourth-order valence-electron chi connectivity index (χ4n) is 3.65. The summed E-state index contributed by atoms with van der Waals surface area (Å²) in [4.78, 5) is 19.7. The summed E-state index contributed by atoms with van der Waals surface area (Å²) >= 11 is 0. The summed E-state index contributed by atoms with van der Waals surface area (Å²) in [6.45, 7) is 2.62. The number of carbonyl (C=O) groups is 1. The molecule has 0 spiro atoms. The Labute approximate surface area is 165 Å². The first kappa shape index (κ1) is 18.5. The second-order valence-corrected chi connectivity index (χ2v) is 7.35. The molecule has 0 atom stereocenters. The van der Waals surface area contributed by atoms with Gasteiger partial charge in [-0.25, -0.2) is 4.98 Å². The number of carbonyl (C=O) groups excluding carboxylic acids is 1. The number of para-hydroxylation sites is 3. The molecule has 1 N–H and O–H groups in total. The van der Waals surface area contributed by atoms with Crippen LogP contribution in [0.15, 0.2) is 54.6 Å². The molecule has 6 heteroatoms. The van der Waals surface area contributed by atoms with E-state index in [1.165, 1.54) is 0 Å². The average Bonchev–Trinajstić information content (AvgIpc) is 3.06. The lowest BCUT2D eigenvalue weighted by Crippen LogP contribution is -2.44. The molecule has 4 rings (SSSR count). The number of benzene rings is 2. The number of ether oxygens (including phenoxy) is 1. The van der Waals surface area contributed by atoms with Crippen LogP contribution in [0.2, 0.25) is 0 Å². The zero-order valence-corrected chi connectivity index (χ0v) is 16.2. The van der Waals surface area contributed by atoms with Crippen molar-refractivity contribution in [3.63, 3.8) is 0 Å². The van der Waals surface area contributed by atoms with Gasteiger partial charge < -0.3 is 19.5 Å². The molecular formula is C22H26N4O2. The van der Waals surface area contributed by atoms with Crippen LogP contribution in [0.1, 0.15) is 18.7 Å². The molecule has 1 amide bonds. The number of rotatable bonds is 6. The topological polar surface area (TPSA) is 59.4 Å². The first-order valence-electron chi connectivity index (χ1n) is 9.79. The van der Waals surface area contributed by atoms with Gasteiger partial charge in [-0.15, -0.1) is 0 Å². The molecule has 2 aromatic carbocycles. The Morgan fingerprint density at radius 1 is 1.11 bits per heavy atom. The third kappa shape index (κ3) is 4.34. The van der Waals surface area contributed by atoms with Crippen molar-refractivity contribution in [2.75, 3.05) is 20.1 Å². The van der Waals surface area contributed by atoms with Crippen molar-refractivity contribution < 1.29 is 9.53 Å². The van der Waals surface area contributed by atoms with Crippen LogP contribution in [0, 0.1) is 0 Å². The van der Waals surface area contributed by atoms with Crippen LogP contribution in [0.4, 0.5) is 0 Å². The maximum absolute atomic E-state index is 12.7. The summed E-state index contributed by atoms with van der Waals surface area (Å²) < 4.78 is 7.85. The molecule has 0 aliphatic carbocycles. The number of piperidine rings is 1. The summed E-state index contributed by atoms with van der Waals surface area (Å²) in [6.07, 6.45) is 1.99. The van der Waals surface area contributed by atoms with Crippen LogP contribution in [0.5, 0.6) is 5.75 Å². The van der Waals surface area contributed by atoms with Crippen LogP contribution in [0.25, 0.3) is 11.0 Å². The zero-order chi connectivity index (χ0) is 19.3. The zero-order valence-electron chi connectivity index (χ0n) is 16.2. The van der Waals surface area contributed by atoms with Gasteiger partial charge in [-0.1, -0.05) is 30.3 Å². The van der Waals surface area contributed by atoms with Gasteiger partial charge in [0.15, 0.2) is 0 Å². The maximum atomic E-state index is 12.7. The highest BCUT2D eigenvalue weighted by molar-refractivity contribution is 5.81. The Balaban J connectivity index is 1.49. The SMILES string of the molecule is CN1CCC(NC(=O)Cn2c(COc3ccccc3)nc3ccccc32)CC1. The summed E-state index contributed by atoms with van der Waals surface area (Å²) in [5.74, 6) is 1.57. The number of nitrogens with one attached hydrogen (secondary N) is 1. The minimum atomic E-state index is 0.0265. The molecule has 3 aromatic rings. The molecule has 1 aliphatic rings. The maximum Gasteiger partial charge on any atom is 0.240 e. The molecule has 2 heterocycles. The largest absolute Gasteiger partial charge is 0.486 e. The second-order valence-electron chi connectivity index (χ2n) is 7.35. The number of hydrogen-bond acceptors (Lipinski definition) is 4. The van der Waals surface area contributed by atoms with Crippen molar-refractivity contribution in [3.05, 3.63) is 60.4 Å². The van der Waals surface area contributed by atoms with E-state index in [-0.39, 0.29) is 18.5 Å². The van der Waals surface area contributed by atoms with Crippen molar-refractivity contribution >= 4 is 16.9 Å². The van der Waals surface area contributed by atoms with Gasteiger partial charge in [-0.2, -0.15) is 0 Å². The van der Waals surface area contributed by atoms with Crippen LogP contribution in [-0.4, -0.2) is 46.5 Å². The third-order valence-electron chi connectivity index (χ3n) is 5.23. The van der Waals surface area contributed by atoms with E-state index < -0.39 is 0 Å². The minimum absolute atomic E-state index is 0.0265. The van der Waals surface area contributed by atoms with Crippen molar-refractivity contribution in [1.82, 2.24) is 19.8 Å². The van der Waals surface area contributed by atoms with E-state index in [4.69, 9.17) is 4.74 Å². The Kier molecular flexibility index (Phi) is 5.58. The standard InChI is InChI=1S/C22H26N4O2/c1-25-13-11-17(12-14-25)23-22(27)15-26-20-10-6-5-9-19(20)24-21(26)16-28-18-7-3-2-4-8-18/h2-10,17H,11-16H2,1H3,(H,23,27). The number of likely N-dealkylation sites (tertiary alicyclic amines) is 1. The van der Waals surface area contributed by atoms with Crippen molar-refractivity contribution in [1.29, 1.82) is 0 Å². The molecule has 146 valence electrons. The molecular weight excluding hydrogens is 352 g/mol. The summed E-state index contributed by atoms with van der Waals surface area (Å²) in [6, 6.07) is 17.8. The fourth-order valence-corrected chi connectivity index (χ4v) is 3.65. The quantitative estimate of drug-likeness (QED) is 0.717. The van der Waals surface area contributed by atoms with E-state index in [0.29, 0.717) is 6.61 Å². The Morgan fingerprint density at radius 2 is 1.82 bits per heavy atom. The van der Waals surface area contributed by atoms with E-state index in [2.05, 4.69) is 22.2 Å². The van der Waals surface area contributed by atoms with Crippen LogP contribution < -0.4 is 10.1 Å². The Hall–Kier alpha value is -2.86. The third-order valence-corrected chi connectivity index (χ3v) is 5.23. The lowest BCUT2D eigenvalue weighted by Gasteiger charge is -2.29. The minimum Gasteiger partial charge on any atom is -0.486 e. The number of amides is 1. The van der Waals surface area contributed by atoms with E-state index in [0.717, 1.165) is 48.5 Å². The number of fused-ring (bicyclic) bond motifs is 1. The van der Waals surface area contributed by atoms with Crippen molar-refractivity contribution in [3.8, 4) is 5.75 Å². The molecule has 1 aromatic heterocycles. The lowest BCUT2D eigenvalue weighted by molar-refractivity contribution is -0.122. The van der Waals surface area contributed by atoms with Gasteiger partial charge in [0, 0.05) is 6.04 Å². The number of imidazole rings is 1. The van der Waals surface area contributed by atoms with Crippen molar-refractivity contribution in [2.24, 2.45) is 0 Å². The number of nitrogens with zero attached hydrogens (tertiary/aromatic N) is 3. The van der Waals surface area contributed by atoms with Crippen molar-refractivity contribution in [2.45, 2.75) is 32.0 Å². The van der Waals surface area contributed by atoms with Gasteiger partial charge in [0.1, 0.15) is 24.7 Å². The normalized spacial score (nSPS) is 15.6. The highest BCUT2D eigenvalue weighted by Crippen LogP contribution is 2.18. The highest BCUT2D eigenvalue weighted by atomic mass is 16.5. The second kappa shape index (κ2) is 8.44. The first-order chi connectivity index (χ1) is 13.7. The van der Waals surface area contributed by atoms with Gasteiger partial charge in [0.2, 0.25) is 5.91 Å². The molecule has 1 aliphatic heterocycles. The van der Waals surface area contributed by atoms with E-state index in [1.807, 2.05) is 59.2 Å². The lowest BCUT2D eigenvalue weighted by atomic mass is 10.1. The first-order valence-corrected chi connectivity index (χ1v) is 9.79. The van der Waals surface area contributed by atoms with Crippen LogP contribution in [0.3, 0.4) is 0 Å². The molecule has 0 bridgehead atoms. The fraction of sp³-hybridized carbons (Fsp3) is 0.364. The molecule has 0 radical (unpaired) electrons. The molecule has 1 fully saturated rings. The number of aromatic nitrogens is 2. The molecule has 28 heavy (non-hydrogen) atoms. The van der Waals surface area contributed by atoms with E-state index in [9.17, 15) is 4.79 Å². The van der Waals surface area contributed by atoms with E-state index >= 15 is 0 Å². The average molecular weight is 378 g/mol. The molecule has 1 saturated heterocycles. The number of hydrogen-bond donors (Lipinski definition) is 1. The summed E-state index contributed by atoms with van der Waals surface area (Å²) in [5, 5.41) is 3.19. The smallest absolute Gasteiger partial charge is 0.240 e. The Morgan fingerprint density at radius 3 is 2.61 bits per heavy atom. The monoisotopic (exact) mass is 378 g/mol. The summed E-state index contributed by atoms with van der Waals surface area (Å²) in [5.41, 5.74) is 1.83. The highest BCUT2D eigenvalue weighted by Gasteiger charge is 2.20. The van der Waals surface area contributed by atoms with Gasteiger partial charge >= 0.3 is 0 Å². The predicted molar refractivity (Wildman–Crippen MR) is 109 cm³/mol. The molecule has 0 unspecified atom stereocenters. The van der Waals surface area contributed by atoms with Crippen LogP contribution in [-0.2, 0) is 17.9 Å². The van der Waals surface area contributed by atoms with E-state index in [1.54, 1.807) is 0 Å². The van der Waals surface area contributed by atoms with Gasteiger partial charge in [0.25, 0.3) is 0 Å². The molecule has 0 saturated carbocycles. The summed E-state index contributed by atoms with van der Waals surface area (Å²) in [7, 11) is 2.12. The Bertz CT molecular complexity index is 930.